The molecule has 2 N–H and O–H groups in total. The predicted molar refractivity (Wildman–Crippen MR) is 128 cm³/mol. The Morgan fingerprint density at radius 2 is 1.70 bits per heavy atom. The first kappa shape index (κ1) is 23.7. The molecule has 0 unspecified atom stereocenters. The molecule has 4 rings (SSSR count). The van der Waals surface area contributed by atoms with E-state index in [0.717, 1.165) is 38.4 Å². The lowest BCUT2D eigenvalue weighted by Gasteiger charge is -2.13. The van der Waals surface area contributed by atoms with Gasteiger partial charge in [-0.3, -0.25) is 0 Å². The smallest absolute Gasteiger partial charge is 0.183 e. The molecule has 0 amide bonds. The van der Waals surface area contributed by atoms with Crippen molar-refractivity contribution in [2.75, 3.05) is 20.0 Å². The molecule has 0 bridgehead atoms. The summed E-state index contributed by atoms with van der Waals surface area (Å²) in [7, 11) is 7.10. The molecule has 0 atom stereocenters. The van der Waals surface area contributed by atoms with Crippen molar-refractivity contribution >= 4 is 53.0 Å². The third-order valence-electron chi connectivity index (χ3n) is 4.93. The highest BCUT2D eigenvalue weighted by atomic mass is 35.5. The summed E-state index contributed by atoms with van der Waals surface area (Å²) in [6, 6.07) is 9.96. The van der Waals surface area contributed by atoms with E-state index in [1.54, 1.807) is 20.5 Å². The second-order valence-electron chi connectivity index (χ2n) is 6.67. The molecule has 30 heavy (non-hydrogen) atoms. The third-order valence-corrected chi connectivity index (χ3v) is 5.23. The van der Waals surface area contributed by atoms with Gasteiger partial charge in [0.25, 0.3) is 0 Å². The largest absolute Gasteiger partial charge is 0.493 e. The fourth-order valence-electron chi connectivity index (χ4n) is 3.60. The Labute approximate surface area is 192 Å². The Balaban J connectivity index is 0.00000160. The van der Waals surface area contributed by atoms with Gasteiger partial charge in [-0.2, -0.15) is 0 Å². The first-order valence-corrected chi connectivity index (χ1v) is 9.10. The van der Waals surface area contributed by atoms with Gasteiger partial charge in [0.05, 0.1) is 42.6 Å². The van der Waals surface area contributed by atoms with Crippen molar-refractivity contribution in [3.05, 3.63) is 47.9 Å². The van der Waals surface area contributed by atoms with Crippen molar-refractivity contribution in [1.82, 2.24) is 14.1 Å². The highest BCUT2D eigenvalue weighted by molar-refractivity contribution is 6.35. The number of fused-ring (bicyclic) bond motifs is 1. The molecule has 4 aromatic rings. The average Bonchev–Trinajstić information content (AvgIpc) is 3.20. The molecule has 0 aliphatic carbocycles. The Kier molecular flexibility index (Phi) is 7.18. The van der Waals surface area contributed by atoms with Crippen LogP contribution in [-0.4, -0.2) is 28.3 Å². The van der Waals surface area contributed by atoms with Gasteiger partial charge in [-0.1, -0.05) is 17.7 Å². The van der Waals surface area contributed by atoms with Gasteiger partial charge in [-0.15, -0.1) is 24.8 Å². The van der Waals surface area contributed by atoms with E-state index in [-0.39, 0.29) is 24.8 Å². The number of ether oxygens (including phenoxy) is 2. The van der Waals surface area contributed by atoms with Gasteiger partial charge < -0.3 is 24.3 Å². The van der Waals surface area contributed by atoms with Crippen molar-refractivity contribution in [2.45, 2.75) is 0 Å². The average molecular weight is 470 g/mol. The number of hydrogen-bond acceptors (Lipinski definition) is 4. The molecule has 0 radical (unpaired) electrons. The van der Waals surface area contributed by atoms with Crippen molar-refractivity contribution in [2.24, 2.45) is 14.1 Å². The molecular weight excluding hydrogens is 447 g/mol. The van der Waals surface area contributed by atoms with Crippen LogP contribution in [0.2, 0.25) is 5.02 Å². The highest BCUT2D eigenvalue weighted by Crippen LogP contribution is 2.41. The van der Waals surface area contributed by atoms with Crippen LogP contribution >= 0.6 is 36.4 Å². The molecule has 0 spiro atoms. The highest BCUT2D eigenvalue weighted by Gasteiger charge is 2.18. The number of methoxy groups -OCH3 is 2. The fraction of sp³-hybridized carbons (Fsp3) is 0.190. The fourth-order valence-corrected chi connectivity index (χ4v) is 3.90. The molecule has 9 heteroatoms. The van der Waals surface area contributed by atoms with E-state index in [1.165, 1.54) is 0 Å². The number of aryl methyl sites for hydroxylation is 2. The minimum atomic E-state index is 0. The first-order chi connectivity index (χ1) is 13.4. The summed E-state index contributed by atoms with van der Waals surface area (Å²) in [4.78, 5) is 4.61. The number of nitrogens with zero attached hydrogens (tertiary/aromatic N) is 3. The summed E-state index contributed by atoms with van der Waals surface area (Å²) in [6.07, 6.45) is 3.70. The number of rotatable bonds is 4. The SMILES string of the molecule is COc1cc(-c2ncn(C)c2-c2ccc3c(c2)c(Cl)cn3C)cc(N)c1OC.Cl.Cl. The second-order valence-corrected chi connectivity index (χ2v) is 7.08. The molecule has 0 aliphatic rings. The van der Waals surface area contributed by atoms with Gasteiger partial charge in [-0.25, -0.2) is 4.98 Å². The lowest BCUT2D eigenvalue weighted by Crippen LogP contribution is -1.98. The van der Waals surface area contributed by atoms with Gasteiger partial charge in [0, 0.05) is 42.3 Å². The Morgan fingerprint density at radius 1 is 0.967 bits per heavy atom. The number of hydrogen-bond donors (Lipinski definition) is 1. The molecule has 0 fully saturated rings. The minimum Gasteiger partial charge on any atom is -0.493 e. The number of imidazole rings is 1. The summed E-state index contributed by atoms with van der Waals surface area (Å²) >= 11 is 6.41. The summed E-state index contributed by atoms with van der Waals surface area (Å²) in [5.74, 6) is 1.08. The number of aromatic nitrogens is 3. The maximum Gasteiger partial charge on any atom is 0.183 e. The number of nitrogens with two attached hydrogens (primary N) is 1. The van der Waals surface area contributed by atoms with Crippen LogP contribution in [0.15, 0.2) is 42.9 Å². The van der Waals surface area contributed by atoms with Crippen LogP contribution in [-0.2, 0) is 14.1 Å². The molecule has 6 nitrogen and oxygen atoms in total. The molecule has 2 aromatic carbocycles. The van der Waals surface area contributed by atoms with E-state index in [1.807, 2.05) is 41.6 Å². The van der Waals surface area contributed by atoms with Crippen molar-refractivity contribution in [1.29, 1.82) is 0 Å². The molecule has 0 saturated heterocycles. The van der Waals surface area contributed by atoms with Crippen LogP contribution in [0, 0.1) is 0 Å². The summed E-state index contributed by atoms with van der Waals surface area (Å²) in [5, 5.41) is 1.72. The van der Waals surface area contributed by atoms with Crippen LogP contribution in [0.1, 0.15) is 0 Å². The minimum absolute atomic E-state index is 0. The Morgan fingerprint density at radius 3 is 2.37 bits per heavy atom. The molecule has 0 saturated carbocycles. The molecular formula is C21H23Cl3N4O2. The second kappa shape index (κ2) is 9.08. The van der Waals surface area contributed by atoms with Crippen LogP contribution in [0.4, 0.5) is 5.69 Å². The lowest BCUT2D eigenvalue weighted by molar-refractivity contribution is 0.356. The van der Waals surface area contributed by atoms with E-state index in [2.05, 4.69) is 23.2 Å². The van der Waals surface area contributed by atoms with Gasteiger partial charge in [0.2, 0.25) is 0 Å². The summed E-state index contributed by atoms with van der Waals surface area (Å²) < 4.78 is 14.8. The van der Waals surface area contributed by atoms with Gasteiger partial charge >= 0.3 is 0 Å². The maximum atomic E-state index is 6.41. The van der Waals surface area contributed by atoms with E-state index < -0.39 is 0 Å². The van der Waals surface area contributed by atoms with Crippen molar-refractivity contribution in [3.63, 3.8) is 0 Å². The Hall–Kier alpha value is -2.54. The van der Waals surface area contributed by atoms with Crippen molar-refractivity contribution in [3.8, 4) is 34.0 Å². The summed E-state index contributed by atoms with van der Waals surface area (Å²) in [6.45, 7) is 0. The molecule has 2 heterocycles. The van der Waals surface area contributed by atoms with Gasteiger partial charge in [0.1, 0.15) is 0 Å². The van der Waals surface area contributed by atoms with E-state index in [0.29, 0.717) is 17.2 Å². The zero-order chi connectivity index (χ0) is 20.0. The topological polar surface area (TPSA) is 67.2 Å². The van der Waals surface area contributed by atoms with E-state index in [9.17, 15) is 0 Å². The monoisotopic (exact) mass is 468 g/mol. The Bertz CT molecular complexity index is 1200. The predicted octanol–water partition coefficient (Wildman–Crippen LogP) is 5.34. The standard InChI is InChI=1S/C21H21ClN4O2.2ClH/c1-25-10-15(22)14-7-12(5-6-17(14)25)20-19(24-11-26(20)2)13-8-16(23)21(28-4)18(9-13)27-3;;/h5-11H,23H2,1-4H3;2*1H. The lowest BCUT2D eigenvalue weighted by atomic mass is 10.0. The van der Waals surface area contributed by atoms with Crippen molar-refractivity contribution < 1.29 is 9.47 Å². The van der Waals surface area contributed by atoms with Gasteiger partial charge in [0.15, 0.2) is 11.5 Å². The van der Waals surface area contributed by atoms with Crippen LogP contribution in [0.25, 0.3) is 33.4 Å². The molecule has 160 valence electrons. The maximum absolute atomic E-state index is 6.41. The normalized spacial score (nSPS) is 10.4. The zero-order valence-electron chi connectivity index (χ0n) is 17.0. The number of halogens is 3. The van der Waals surface area contributed by atoms with Gasteiger partial charge in [-0.05, 0) is 24.3 Å². The molecule has 2 aromatic heterocycles. The van der Waals surface area contributed by atoms with Crippen LogP contribution in [0.3, 0.4) is 0 Å². The van der Waals surface area contributed by atoms with Crippen LogP contribution < -0.4 is 15.2 Å². The van der Waals surface area contributed by atoms with E-state index >= 15 is 0 Å². The zero-order valence-corrected chi connectivity index (χ0v) is 19.4. The first-order valence-electron chi connectivity index (χ1n) is 8.72. The number of nitrogen functional groups attached to an aromatic ring is 1. The van der Waals surface area contributed by atoms with Crippen LogP contribution in [0.5, 0.6) is 11.5 Å². The van der Waals surface area contributed by atoms with E-state index in [4.69, 9.17) is 26.8 Å². The number of anilines is 1. The molecule has 0 aliphatic heterocycles. The third kappa shape index (κ3) is 3.78. The summed E-state index contributed by atoms with van der Waals surface area (Å²) in [5.41, 5.74) is 11.4. The number of benzene rings is 2. The quantitative estimate of drug-likeness (QED) is 0.410.